The van der Waals surface area contributed by atoms with E-state index in [-0.39, 0.29) is 0 Å². The molecule has 0 aliphatic rings. The van der Waals surface area contributed by atoms with Crippen molar-refractivity contribution in [2.24, 2.45) is 0 Å². The van der Waals surface area contributed by atoms with Crippen LogP contribution in [0, 0.1) is 0 Å². The van der Waals surface area contributed by atoms with Crippen LogP contribution in [-0.4, -0.2) is 24.6 Å². The van der Waals surface area contributed by atoms with Gasteiger partial charge in [0.1, 0.15) is 0 Å². The zero-order valence-electron chi connectivity index (χ0n) is 13.4. The molecule has 0 saturated carbocycles. The van der Waals surface area contributed by atoms with E-state index in [1.54, 1.807) is 18.5 Å². The first-order valence-electron chi connectivity index (χ1n) is 8.24. The number of allylic oxidation sites excluding steroid dienone is 2. The molecule has 0 bridgehead atoms. The van der Waals surface area contributed by atoms with Crippen molar-refractivity contribution in [1.82, 2.24) is 0 Å². The molecule has 0 aromatic rings. The lowest BCUT2D eigenvalue weighted by molar-refractivity contribution is 0.835. The van der Waals surface area contributed by atoms with Gasteiger partial charge in [0.2, 0.25) is 0 Å². The average molecular weight is 271 g/mol. The normalized spacial score (nSPS) is 12.4. The highest BCUT2D eigenvalue weighted by Gasteiger charge is 2.33. The molecule has 0 atom stereocenters. The second-order valence-electron chi connectivity index (χ2n) is 5.64. The minimum absolute atomic E-state index is 0.662. The van der Waals surface area contributed by atoms with Gasteiger partial charge in [-0.3, -0.25) is 0 Å². The predicted octanol–water partition coefficient (Wildman–Crippen LogP) is 6.37. The van der Waals surface area contributed by atoms with Crippen LogP contribution in [0.3, 0.4) is 0 Å². The SMILES string of the molecule is CC/C=C/C[P+](CCCC)(CCCC)CCCC. The Morgan fingerprint density at radius 3 is 1.44 bits per heavy atom. The van der Waals surface area contributed by atoms with Crippen LogP contribution in [0.4, 0.5) is 0 Å². The molecular weight excluding hydrogens is 235 g/mol. The van der Waals surface area contributed by atoms with E-state index in [9.17, 15) is 0 Å². The van der Waals surface area contributed by atoms with Gasteiger partial charge in [0.25, 0.3) is 0 Å². The van der Waals surface area contributed by atoms with Gasteiger partial charge in [-0.25, -0.2) is 0 Å². The fourth-order valence-electron chi connectivity index (χ4n) is 2.55. The van der Waals surface area contributed by atoms with E-state index >= 15 is 0 Å². The van der Waals surface area contributed by atoms with Crippen LogP contribution in [0.2, 0.25) is 0 Å². The molecule has 0 N–H and O–H groups in total. The van der Waals surface area contributed by atoms with Gasteiger partial charge in [-0.05, 0) is 25.7 Å². The largest absolute Gasteiger partial charge is 0.0852 e. The predicted molar refractivity (Wildman–Crippen MR) is 90.5 cm³/mol. The Morgan fingerprint density at radius 2 is 1.11 bits per heavy atom. The first-order valence-corrected chi connectivity index (χ1v) is 10.8. The molecule has 0 aliphatic heterocycles. The van der Waals surface area contributed by atoms with Gasteiger partial charge in [0, 0.05) is 7.26 Å². The Bertz CT molecular complexity index is 174. The average Bonchev–Trinajstić information content (AvgIpc) is 2.40. The fourth-order valence-corrected chi connectivity index (χ4v) is 7.33. The third kappa shape index (κ3) is 8.30. The molecule has 0 aromatic heterocycles. The van der Waals surface area contributed by atoms with Crippen LogP contribution in [0.15, 0.2) is 12.2 Å². The second kappa shape index (κ2) is 12.2. The smallest absolute Gasteiger partial charge is 0.0773 e. The van der Waals surface area contributed by atoms with Crippen molar-refractivity contribution in [1.29, 1.82) is 0 Å². The molecular formula is C17H36P+. The summed E-state index contributed by atoms with van der Waals surface area (Å²) in [4.78, 5) is 0. The molecule has 0 heterocycles. The number of unbranched alkanes of at least 4 members (excludes halogenated alkanes) is 3. The van der Waals surface area contributed by atoms with Crippen molar-refractivity contribution >= 4 is 7.26 Å². The summed E-state index contributed by atoms with van der Waals surface area (Å²) in [6, 6.07) is 0. The molecule has 0 rings (SSSR count). The second-order valence-corrected chi connectivity index (χ2v) is 10.0. The molecule has 0 aliphatic carbocycles. The highest BCUT2D eigenvalue weighted by molar-refractivity contribution is 7.76. The van der Waals surface area contributed by atoms with E-state index in [1.807, 2.05) is 0 Å². The van der Waals surface area contributed by atoms with Gasteiger partial charge in [-0.1, -0.05) is 59.1 Å². The number of hydrogen-bond donors (Lipinski definition) is 0. The third-order valence-corrected chi connectivity index (χ3v) is 8.63. The van der Waals surface area contributed by atoms with E-state index in [2.05, 4.69) is 39.8 Å². The summed E-state index contributed by atoms with van der Waals surface area (Å²) in [5.74, 6) is 0. The maximum atomic E-state index is 2.51. The molecule has 0 spiro atoms. The van der Waals surface area contributed by atoms with Crippen LogP contribution in [0.25, 0.3) is 0 Å². The van der Waals surface area contributed by atoms with Gasteiger partial charge < -0.3 is 0 Å². The van der Waals surface area contributed by atoms with E-state index in [0.717, 1.165) is 0 Å². The molecule has 0 nitrogen and oxygen atoms in total. The minimum atomic E-state index is -0.662. The summed E-state index contributed by atoms with van der Waals surface area (Å²) in [7, 11) is -0.662. The lowest BCUT2D eigenvalue weighted by Gasteiger charge is -2.26. The highest BCUT2D eigenvalue weighted by Crippen LogP contribution is 2.60. The fraction of sp³-hybridized carbons (Fsp3) is 0.882. The minimum Gasteiger partial charge on any atom is -0.0852 e. The topological polar surface area (TPSA) is 0 Å². The van der Waals surface area contributed by atoms with Crippen LogP contribution in [0.1, 0.15) is 72.6 Å². The van der Waals surface area contributed by atoms with Crippen molar-refractivity contribution in [3.05, 3.63) is 12.2 Å². The monoisotopic (exact) mass is 271 g/mol. The van der Waals surface area contributed by atoms with Crippen LogP contribution < -0.4 is 0 Å². The molecule has 0 aromatic carbocycles. The Kier molecular flexibility index (Phi) is 12.3. The molecule has 0 radical (unpaired) electrons. The maximum absolute atomic E-state index is 2.51. The third-order valence-electron chi connectivity index (χ3n) is 3.85. The molecule has 0 amide bonds. The zero-order valence-corrected chi connectivity index (χ0v) is 14.3. The first-order chi connectivity index (χ1) is 8.74. The molecule has 1 heteroatoms. The Hall–Kier alpha value is 0.170. The highest BCUT2D eigenvalue weighted by atomic mass is 31.2. The van der Waals surface area contributed by atoms with Crippen LogP contribution in [0.5, 0.6) is 0 Å². The van der Waals surface area contributed by atoms with Crippen LogP contribution >= 0.6 is 7.26 Å². The number of hydrogen-bond acceptors (Lipinski definition) is 0. The maximum Gasteiger partial charge on any atom is 0.0773 e. The summed E-state index contributed by atoms with van der Waals surface area (Å²) in [6.45, 7) is 9.28. The summed E-state index contributed by atoms with van der Waals surface area (Å²) in [6.07, 6.45) is 20.7. The summed E-state index contributed by atoms with van der Waals surface area (Å²) in [5, 5.41) is 0. The lowest BCUT2D eigenvalue weighted by atomic mass is 10.4. The molecule has 0 unspecified atom stereocenters. The lowest BCUT2D eigenvalue weighted by Crippen LogP contribution is -2.11. The molecule has 18 heavy (non-hydrogen) atoms. The van der Waals surface area contributed by atoms with Gasteiger partial charge in [-0.15, -0.1) is 0 Å². The van der Waals surface area contributed by atoms with Crippen molar-refractivity contribution in [2.75, 3.05) is 24.6 Å². The Labute approximate surface area is 117 Å². The summed E-state index contributed by atoms with van der Waals surface area (Å²) in [5.41, 5.74) is 0. The molecule has 108 valence electrons. The van der Waals surface area contributed by atoms with Crippen molar-refractivity contribution < 1.29 is 0 Å². The van der Waals surface area contributed by atoms with Crippen LogP contribution in [-0.2, 0) is 0 Å². The van der Waals surface area contributed by atoms with Gasteiger partial charge in [0.15, 0.2) is 0 Å². The Morgan fingerprint density at radius 1 is 0.667 bits per heavy atom. The Balaban J connectivity index is 4.56. The van der Waals surface area contributed by atoms with E-state index < -0.39 is 7.26 Å². The van der Waals surface area contributed by atoms with E-state index in [4.69, 9.17) is 0 Å². The van der Waals surface area contributed by atoms with E-state index in [1.165, 1.54) is 51.1 Å². The standard InChI is InChI=1S/C17H36P/c1-5-9-13-17-18(14-10-6-2,15-11-7-3)16-12-8-4/h9,13H,5-8,10-12,14-17H2,1-4H3/q+1/b13-9+. The van der Waals surface area contributed by atoms with Crippen molar-refractivity contribution in [3.63, 3.8) is 0 Å². The zero-order chi connectivity index (χ0) is 13.7. The van der Waals surface area contributed by atoms with Gasteiger partial charge in [-0.2, -0.15) is 0 Å². The molecule has 0 saturated heterocycles. The number of rotatable bonds is 12. The van der Waals surface area contributed by atoms with Gasteiger partial charge in [0.05, 0.1) is 24.6 Å². The van der Waals surface area contributed by atoms with Gasteiger partial charge >= 0.3 is 0 Å². The summed E-state index contributed by atoms with van der Waals surface area (Å²) < 4.78 is 0. The van der Waals surface area contributed by atoms with E-state index in [0.29, 0.717) is 0 Å². The first kappa shape index (κ1) is 18.2. The van der Waals surface area contributed by atoms with Crippen molar-refractivity contribution in [3.8, 4) is 0 Å². The van der Waals surface area contributed by atoms with Crippen molar-refractivity contribution in [2.45, 2.75) is 72.6 Å². The molecule has 0 fully saturated rings. The summed E-state index contributed by atoms with van der Waals surface area (Å²) >= 11 is 0. The quantitative estimate of drug-likeness (QED) is 0.286.